The van der Waals surface area contributed by atoms with Crippen molar-refractivity contribution in [1.29, 1.82) is 0 Å². The summed E-state index contributed by atoms with van der Waals surface area (Å²) in [5.41, 5.74) is 0. The van der Waals surface area contributed by atoms with Crippen LogP contribution in [-0.2, 0) is 24.0 Å². The molecule has 5 N–H and O–H groups in total. The molecular weight excluding hydrogens is 594 g/mol. The second-order valence-corrected chi connectivity index (χ2v) is 14.6. The molecule has 10 nitrogen and oxygen atoms in total. The number of carbonyl (C=O) groups excluding carboxylic acids is 5. The maximum absolute atomic E-state index is 13.4. The summed E-state index contributed by atoms with van der Waals surface area (Å²) >= 11 is 0. The zero-order valence-electron chi connectivity index (χ0n) is 31.6. The monoisotopic (exact) mass is 666 g/mol. The quantitative estimate of drug-likeness (QED) is 0.0729. The lowest BCUT2D eigenvalue weighted by molar-refractivity contribution is -0.136. The minimum Gasteiger partial charge on any atom is -0.352 e. The zero-order chi connectivity index (χ0) is 35.9. The van der Waals surface area contributed by atoms with Crippen LogP contribution in [0.25, 0.3) is 0 Å². The molecule has 0 aromatic heterocycles. The Labute approximate surface area is 286 Å². The molecule has 10 heteroatoms. The van der Waals surface area contributed by atoms with E-state index in [0.29, 0.717) is 6.42 Å². The van der Waals surface area contributed by atoms with E-state index in [-0.39, 0.29) is 35.6 Å². The molecule has 0 aliphatic heterocycles. The van der Waals surface area contributed by atoms with Gasteiger partial charge in [0.1, 0.15) is 24.2 Å². The highest BCUT2D eigenvalue weighted by Crippen LogP contribution is 2.14. The molecule has 0 aromatic carbocycles. The van der Waals surface area contributed by atoms with E-state index in [1.165, 1.54) is 64.2 Å². The van der Waals surface area contributed by atoms with Crippen LogP contribution < -0.4 is 26.6 Å². The highest BCUT2D eigenvalue weighted by Gasteiger charge is 2.34. The molecule has 0 unspecified atom stereocenters. The van der Waals surface area contributed by atoms with Crippen LogP contribution in [0.4, 0.5) is 0 Å². The second kappa shape index (κ2) is 25.4. The predicted octanol–water partition coefficient (Wildman–Crippen LogP) is 5.92. The maximum atomic E-state index is 13.4. The van der Waals surface area contributed by atoms with Gasteiger partial charge in [-0.2, -0.15) is 0 Å². The van der Waals surface area contributed by atoms with Crippen molar-refractivity contribution >= 4 is 29.5 Å². The minimum atomic E-state index is -0.919. The summed E-state index contributed by atoms with van der Waals surface area (Å²) < 4.78 is 0. The Kier molecular flexibility index (Phi) is 23.9. The first-order valence-electron chi connectivity index (χ1n) is 18.6. The Hall–Kier alpha value is -2.65. The van der Waals surface area contributed by atoms with Gasteiger partial charge in [0.15, 0.2) is 0 Å². The number of amides is 5. The van der Waals surface area contributed by atoms with E-state index in [9.17, 15) is 24.0 Å². The topological polar surface area (TPSA) is 146 Å². The molecule has 0 saturated heterocycles. The van der Waals surface area contributed by atoms with Crippen LogP contribution in [0, 0.1) is 17.8 Å². The Balaban J connectivity index is 4.86. The summed E-state index contributed by atoms with van der Waals surface area (Å²) in [4.78, 5) is 64.9. The molecule has 47 heavy (non-hydrogen) atoms. The molecule has 5 amide bonds. The number of hydrogen-bond donors (Lipinski definition) is 5. The van der Waals surface area contributed by atoms with Gasteiger partial charge >= 0.3 is 0 Å². The molecule has 0 rings (SSSR count). The van der Waals surface area contributed by atoms with Gasteiger partial charge in [0.05, 0.1) is 0 Å². The average molecular weight is 666 g/mol. The summed E-state index contributed by atoms with van der Waals surface area (Å²) in [7, 11) is 0. The first-order valence-corrected chi connectivity index (χ1v) is 18.6. The predicted molar refractivity (Wildman–Crippen MR) is 192 cm³/mol. The van der Waals surface area contributed by atoms with Crippen LogP contribution in [0.2, 0.25) is 0 Å². The number of unbranched alkanes of at least 4 members (excludes halogenated alkanes) is 12. The highest BCUT2D eigenvalue weighted by molar-refractivity contribution is 5.95. The summed E-state index contributed by atoms with van der Waals surface area (Å²) in [5.74, 6) is -2.62. The maximum Gasteiger partial charge on any atom is 0.243 e. The van der Waals surface area contributed by atoms with Crippen molar-refractivity contribution < 1.29 is 24.0 Å². The fourth-order valence-electron chi connectivity index (χ4n) is 5.42. The molecule has 274 valence electrons. The first kappa shape index (κ1) is 44.4. The zero-order valence-corrected chi connectivity index (χ0v) is 31.6. The fourth-order valence-corrected chi connectivity index (χ4v) is 5.42. The van der Waals surface area contributed by atoms with Gasteiger partial charge in [0, 0.05) is 12.5 Å². The summed E-state index contributed by atoms with van der Waals surface area (Å²) in [6, 6.07) is -3.47. The van der Waals surface area contributed by atoms with Crippen LogP contribution in [0.15, 0.2) is 0 Å². The fraction of sp³-hybridized carbons (Fsp3) is 0.865. The van der Waals surface area contributed by atoms with E-state index >= 15 is 0 Å². The van der Waals surface area contributed by atoms with Gasteiger partial charge in [-0.15, -0.1) is 0 Å². The van der Waals surface area contributed by atoms with Crippen LogP contribution >= 0.6 is 0 Å². The number of rotatable bonds is 26. The normalized spacial score (nSPS) is 14.1. The van der Waals surface area contributed by atoms with Gasteiger partial charge in [-0.25, -0.2) is 0 Å². The van der Waals surface area contributed by atoms with E-state index in [0.717, 1.165) is 19.3 Å². The third-order valence-corrected chi connectivity index (χ3v) is 8.45. The van der Waals surface area contributed by atoms with Crippen LogP contribution in [0.1, 0.15) is 159 Å². The third kappa shape index (κ3) is 20.4. The van der Waals surface area contributed by atoms with Crippen molar-refractivity contribution in [3.05, 3.63) is 0 Å². The Morgan fingerprint density at radius 1 is 0.404 bits per heavy atom. The van der Waals surface area contributed by atoms with Gasteiger partial charge in [0.2, 0.25) is 29.5 Å². The Morgan fingerprint density at radius 3 is 1.11 bits per heavy atom. The van der Waals surface area contributed by atoms with Crippen molar-refractivity contribution in [3.8, 4) is 0 Å². The smallest absolute Gasteiger partial charge is 0.243 e. The van der Waals surface area contributed by atoms with Crippen LogP contribution in [0.5, 0.6) is 0 Å². The summed E-state index contributed by atoms with van der Waals surface area (Å²) in [6.45, 7) is 18.4. The number of nitrogens with one attached hydrogen (secondary N) is 5. The van der Waals surface area contributed by atoms with Gasteiger partial charge in [-0.1, -0.05) is 126 Å². The van der Waals surface area contributed by atoms with Crippen molar-refractivity contribution in [2.75, 3.05) is 0 Å². The molecule has 0 radical (unpaired) electrons. The molecule has 4 atom stereocenters. The molecule has 0 fully saturated rings. The molecular formula is C37H71N5O5. The largest absolute Gasteiger partial charge is 0.352 e. The standard InChI is InChI=1S/C37H71N5O5/c1-11-12-13-14-15-16-17-18-19-20-21-22-23-24-30(43)40-31(25(2)3)36(46)42-33(27(6)7)37(47)41-32(26(4)5)35(45)39-29(10)34(44)38-28(8)9/h25-29,31-33H,11-24H2,1-10H3,(H,38,44)(H,39,45)(H,40,43)(H,41,47)(H,42,46)/t29-,31+,32+,33-/m1/s1. The van der Waals surface area contributed by atoms with Gasteiger partial charge in [0.25, 0.3) is 0 Å². The molecule has 0 saturated carbocycles. The summed E-state index contributed by atoms with van der Waals surface area (Å²) in [5, 5.41) is 13.9. The van der Waals surface area contributed by atoms with Crippen LogP contribution in [-0.4, -0.2) is 59.7 Å². The van der Waals surface area contributed by atoms with Crippen LogP contribution in [0.3, 0.4) is 0 Å². The minimum absolute atomic E-state index is 0.0727. The number of hydrogen-bond acceptors (Lipinski definition) is 5. The lowest BCUT2D eigenvalue weighted by Gasteiger charge is -2.29. The van der Waals surface area contributed by atoms with Gasteiger partial charge < -0.3 is 26.6 Å². The second-order valence-electron chi connectivity index (χ2n) is 14.6. The third-order valence-electron chi connectivity index (χ3n) is 8.45. The van der Waals surface area contributed by atoms with E-state index in [4.69, 9.17) is 0 Å². The average Bonchev–Trinajstić information content (AvgIpc) is 2.98. The van der Waals surface area contributed by atoms with E-state index in [1.807, 2.05) is 41.5 Å². The molecule has 0 heterocycles. The highest BCUT2D eigenvalue weighted by atomic mass is 16.2. The van der Waals surface area contributed by atoms with E-state index < -0.39 is 41.9 Å². The van der Waals surface area contributed by atoms with Crippen molar-refractivity contribution in [2.24, 2.45) is 17.8 Å². The van der Waals surface area contributed by atoms with E-state index in [2.05, 4.69) is 33.5 Å². The van der Waals surface area contributed by atoms with Crippen molar-refractivity contribution in [2.45, 2.75) is 189 Å². The first-order chi connectivity index (χ1) is 22.1. The number of carbonyl (C=O) groups is 5. The van der Waals surface area contributed by atoms with Gasteiger partial charge in [-0.05, 0) is 44.9 Å². The van der Waals surface area contributed by atoms with Gasteiger partial charge in [-0.3, -0.25) is 24.0 Å². The molecule has 0 aliphatic carbocycles. The molecule has 0 aliphatic rings. The van der Waals surface area contributed by atoms with E-state index in [1.54, 1.807) is 20.8 Å². The lowest BCUT2D eigenvalue weighted by atomic mass is 9.97. The summed E-state index contributed by atoms with van der Waals surface area (Å²) in [6.07, 6.45) is 16.4. The Bertz CT molecular complexity index is 921. The molecule has 0 spiro atoms. The van der Waals surface area contributed by atoms with Crippen molar-refractivity contribution in [1.82, 2.24) is 26.6 Å². The van der Waals surface area contributed by atoms with Crippen molar-refractivity contribution in [3.63, 3.8) is 0 Å². The molecule has 0 bridgehead atoms. The Morgan fingerprint density at radius 2 is 0.745 bits per heavy atom. The molecule has 0 aromatic rings. The lowest BCUT2D eigenvalue weighted by Crippen LogP contribution is -2.60. The SMILES string of the molecule is CCCCCCCCCCCCCCCC(=O)N[C@H](C(=O)N[C@@H](C(=O)N[C@H](C(=O)N[C@H](C)C(=O)NC(C)C)C(C)C)C(C)C)C(C)C.